The molecule has 152 valence electrons. The van der Waals surface area contributed by atoms with Gasteiger partial charge in [-0.05, 0) is 31.9 Å². The Morgan fingerprint density at radius 3 is 2.79 bits per heavy atom. The van der Waals surface area contributed by atoms with Gasteiger partial charge in [0.2, 0.25) is 0 Å². The van der Waals surface area contributed by atoms with Gasteiger partial charge in [0.15, 0.2) is 23.3 Å². The zero-order chi connectivity index (χ0) is 19.8. The summed E-state index contributed by atoms with van der Waals surface area (Å²) in [6.07, 6.45) is 4.59. The Balaban J connectivity index is 1.49. The molecule has 0 spiro atoms. The molecule has 3 rings (SSSR count). The summed E-state index contributed by atoms with van der Waals surface area (Å²) in [5.41, 5.74) is 0. The first-order chi connectivity index (χ1) is 13.7. The first-order valence-electron chi connectivity index (χ1n) is 9.86. The second-order valence-corrected chi connectivity index (χ2v) is 6.88. The van der Waals surface area contributed by atoms with E-state index in [1.54, 1.807) is 14.2 Å². The number of rotatable bonds is 7. The third kappa shape index (κ3) is 5.15. The predicted octanol–water partition coefficient (Wildman–Crippen LogP) is 2.15. The van der Waals surface area contributed by atoms with Crippen molar-refractivity contribution in [3.05, 3.63) is 35.9 Å². The predicted molar refractivity (Wildman–Crippen MR) is 109 cm³/mol. The Labute approximate surface area is 166 Å². The van der Waals surface area contributed by atoms with E-state index in [-0.39, 0.29) is 6.10 Å². The van der Waals surface area contributed by atoms with Gasteiger partial charge in [-0.15, -0.1) is 10.2 Å². The Hall–Kier alpha value is -2.77. The summed E-state index contributed by atoms with van der Waals surface area (Å²) in [4.78, 5) is 4.29. The van der Waals surface area contributed by atoms with Crippen LogP contribution in [0.25, 0.3) is 0 Å². The maximum absolute atomic E-state index is 5.97. The molecule has 28 heavy (non-hydrogen) atoms. The standard InChI is InChI=1S/C20H30N6O2/c1-15(28-17-10-7-6-9-16(17)27-3)13-22-20(21-2)23-14-19-25-24-18-11-5-4-8-12-26(18)19/h6-7,9-10,15H,4-5,8,11-14H2,1-3H3,(H2,21,22,23). The van der Waals surface area contributed by atoms with Gasteiger partial charge in [-0.3, -0.25) is 4.99 Å². The molecular weight excluding hydrogens is 356 g/mol. The van der Waals surface area contributed by atoms with Crippen LogP contribution in [0.4, 0.5) is 0 Å². The van der Waals surface area contributed by atoms with Gasteiger partial charge in [0.1, 0.15) is 11.9 Å². The summed E-state index contributed by atoms with van der Waals surface area (Å²) in [7, 11) is 3.40. The van der Waals surface area contributed by atoms with E-state index in [1.807, 2.05) is 31.2 Å². The lowest BCUT2D eigenvalue weighted by Gasteiger charge is -2.19. The molecule has 0 aliphatic carbocycles. The first kappa shape index (κ1) is 20.0. The molecule has 2 heterocycles. The molecule has 0 fully saturated rings. The van der Waals surface area contributed by atoms with Gasteiger partial charge in [0, 0.05) is 20.0 Å². The van der Waals surface area contributed by atoms with Crippen molar-refractivity contribution in [2.24, 2.45) is 4.99 Å². The van der Waals surface area contributed by atoms with E-state index in [4.69, 9.17) is 9.47 Å². The average molecular weight is 387 g/mol. The molecule has 0 saturated carbocycles. The van der Waals surface area contributed by atoms with E-state index in [0.29, 0.717) is 19.0 Å². The highest BCUT2D eigenvalue weighted by molar-refractivity contribution is 5.79. The van der Waals surface area contributed by atoms with Gasteiger partial charge < -0.3 is 24.7 Å². The number of aromatic nitrogens is 3. The molecule has 0 amide bonds. The molecule has 8 nitrogen and oxygen atoms in total. The molecule has 0 bridgehead atoms. The average Bonchev–Trinajstić information content (AvgIpc) is 2.94. The topological polar surface area (TPSA) is 85.6 Å². The number of aryl methyl sites for hydroxylation is 1. The highest BCUT2D eigenvalue weighted by Gasteiger charge is 2.15. The maximum atomic E-state index is 5.97. The fraction of sp³-hybridized carbons (Fsp3) is 0.550. The fourth-order valence-electron chi connectivity index (χ4n) is 3.27. The maximum Gasteiger partial charge on any atom is 0.191 e. The minimum atomic E-state index is -0.0563. The third-order valence-corrected chi connectivity index (χ3v) is 4.78. The molecule has 1 atom stereocenters. The number of guanidine groups is 1. The second kappa shape index (κ2) is 9.96. The van der Waals surface area contributed by atoms with Crippen LogP contribution in [-0.4, -0.2) is 47.5 Å². The SMILES string of the molecule is CN=C(NCc1nnc2n1CCCCC2)NCC(C)Oc1ccccc1OC. The minimum absolute atomic E-state index is 0.0563. The van der Waals surface area contributed by atoms with Crippen LogP contribution in [0.3, 0.4) is 0 Å². The molecule has 2 N–H and O–H groups in total. The Kier molecular flexibility index (Phi) is 7.11. The smallest absolute Gasteiger partial charge is 0.191 e. The molecule has 1 aliphatic heterocycles. The van der Waals surface area contributed by atoms with E-state index in [2.05, 4.69) is 30.4 Å². The highest BCUT2D eigenvalue weighted by atomic mass is 16.5. The number of hydrogen-bond donors (Lipinski definition) is 2. The van der Waals surface area contributed by atoms with Crippen LogP contribution in [0.15, 0.2) is 29.3 Å². The van der Waals surface area contributed by atoms with Gasteiger partial charge in [0.05, 0.1) is 20.2 Å². The number of fused-ring (bicyclic) bond motifs is 1. The lowest BCUT2D eigenvalue weighted by molar-refractivity contribution is 0.213. The number of ether oxygens (including phenoxy) is 2. The summed E-state index contributed by atoms with van der Waals surface area (Å²) in [6, 6.07) is 7.64. The summed E-state index contributed by atoms with van der Waals surface area (Å²) in [6.45, 7) is 4.20. The summed E-state index contributed by atoms with van der Waals surface area (Å²) < 4.78 is 13.5. The van der Waals surface area contributed by atoms with Crippen LogP contribution in [0.2, 0.25) is 0 Å². The van der Waals surface area contributed by atoms with Gasteiger partial charge in [0.25, 0.3) is 0 Å². The highest BCUT2D eigenvalue weighted by Crippen LogP contribution is 2.26. The third-order valence-electron chi connectivity index (χ3n) is 4.78. The molecule has 8 heteroatoms. The Morgan fingerprint density at radius 2 is 2.00 bits per heavy atom. The van der Waals surface area contributed by atoms with Gasteiger partial charge in [-0.25, -0.2) is 0 Å². The number of methoxy groups -OCH3 is 1. The number of benzene rings is 1. The van der Waals surface area contributed by atoms with Crippen molar-refractivity contribution in [2.75, 3.05) is 20.7 Å². The number of hydrogen-bond acceptors (Lipinski definition) is 5. The molecule has 0 saturated heterocycles. The van der Waals surface area contributed by atoms with Crippen molar-refractivity contribution in [1.82, 2.24) is 25.4 Å². The van der Waals surface area contributed by atoms with Crippen molar-refractivity contribution in [3.63, 3.8) is 0 Å². The van der Waals surface area contributed by atoms with E-state index in [9.17, 15) is 0 Å². The van der Waals surface area contributed by atoms with Crippen molar-refractivity contribution in [3.8, 4) is 11.5 Å². The van der Waals surface area contributed by atoms with Gasteiger partial charge in [-0.2, -0.15) is 0 Å². The molecule has 1 aliphatic rings. The lowest BCUT2D eigenvalue weighted by atomic mass is 10.2. The van der Waals surface area contributed by atoms with Crippen LogP contribution in [0, 0.1) is 0 Å². The van der Waals surface area contributed by atoms with Crippen molar-refractivity contribution < 1.29 is 9.47 Å². The van der Waals surface area contributed by atoms with Crippen molar-refractivity contribution in [1.29, 1.82) is 0 Å². The number of para-hydroxylation sites is 2. The molecular formula is C20H30N6O2. The quantitative estimate of drug-likeness (QED) is 0.560. The zero-order valence-corrected chi connectivity index (χ0v) is 16.9. The van der Waals surface area contributed by atoms with Crippen LogP contribution < -0.4 is 20.1 Å². The molecule has 1 aromatic carbocycles. The fourth-order valence-corrected chi connectivity index (χ4v) is 3.27. The number of nitrogens with zero attached hydrogens (tertiary/aromatic N) is 4. The lowest BCUT2D eigenvalue weighted by Crippen LogP contribution is -2.41. The first-order valence-corrected chi connectivity index (χ1v) is 9.86. The molecule has 0 radical (unpaired) electrons. The van der Waals surface area contributed by atoms with Gasteiger partial charge in [-0.1, -0.05) is 18.6 Å². The summed E-state index contributed by atoms with van der Waals surface area (Å²) >= 11 is 0. The Bertz CT molecular complexity index is 789. The van der Waals surface area contributed by atoms with Crippen LogP contribution in [-0.2, 0) is 19.5 Å². The van der Waals surface area contributed by atoms with Crippen molar-refractivity contribution >= 4 is 5.96 Å². The normalized spacial score (nSPS) is 15.3. The number of aliphatic imine (C=N–C) groups is 1. The van der Waals surface area contributed by atoms with Crippen LogP contribution in [0.1, 0.15) is 37.8 Å². The minimum Gasteiger partial charge on any atom is -0.493 e. The molecule has 2 aromatic rings. The Morgan fingerprint density at radius 1 is 1.18 bits per heavy atom. The summed E-state index contributed by atoms with van der Waals surface area (Å²) in [5.74, 6) is 4.22. The van der Waals surface area contributed by atoms with E-state index in [0.717, 1.165) is 36.1 Å². The largest absolute Gasteiger partial charge is 0.493 e. The monoisotopic (exact) mass is 386 g/mol. The van der Waals surface area contributed by atoms with E-state index >= 15 is 0 Å². The number of nitrogens with one attached hydrogen (secondary N) is 2. The second-order valence-electron chi connectivity index (χ2n) is 6.88. The molecule has 1 unspecified atom stereocenters. The summed E-state index contributed by atoms with van der Waals surface area (Å²) in [5, 5.41) is 15.3. The van der Waals surface area contributed by atoms with Gasteiger partial charge >= 0.3 is 0 Å². The molecule has 1 aromatic heterocycles. The van der Waals surface area contributed by atoms with E-state index < -0.39 is 0 Å². The van der Waals surface area contributed by atoms with Crippen LogP contribution >= 0.6 is 0 Å². The van der Waals surface area contributed by atoms with Crippen LogP contribution in [0.5, 0.6) is 11.5 Å². The van der Waals surface area contributed by atoms with E-state index in [1.165, 1.54) is 19.3 Å². The van der Waals surface area contributed by atoms with Crippen molar-refractivity contribution in [2.45, 2.75) is 51.8 Å². The zero-order valence-electron chi connectivity index (χ0n) is 16.9.